The van der Waals surface area contributed by atoms with Gasteiger partial charge in [-0.25, -0.2) is 5.43 Å². The Morgan fingerprint density at radius 3 is 2.55 bits per heavy atom. The molecule has 0 heterocycles. The first-order valence-electron chi connectivity index (χ1n) is 11.0. The van der Waals surface area contributed by atoms with E-state index in [0.717, 1.165) is 28.5 Å². The van der Waals surface area contributed by atoms with Gasteiger partial charge in [-0.2, -0.15) is 5.10 Å². The van der Waals surface area contributed by atoms with Crippen LogP contribution >= 0.6 is 0 Å². The zero-order valence-electron chi connectivity index (χ0n) is 18.7. The third-order valence-electron chi connectivity index (χ3n) is 5.93. The lowest BCUT2D eigenvalue weighted by molar-refractivity contribution is -0.122. The van der Waals surface area contributed by atoms with Crippen molar-refractivity contribution in [1.29, 1.82) is 0 Å². The van der Waals surface area contributed by atoms with Crippen LogP contribution in [0.2, 0.25) is 0 Å². The maximum Gasteiger partial charge on any atom is 0.243 e. The van der Waals surface area contributed by atoms with Crippen molar-refractivity contribution in [2.75, 3.05) is 6.61 Å². The summed E-state index contributed by atoms with van der Waals surface area (Å²) in [6, 6.07) is 20.8. The van der Waals surface area contributed by atoms with Crippen LogP contribution in [0, 0.1) is 5.92 Å². The van der Waals surface area contributed by atoms with Crippen molar-refractivity contribution in [3.05, 3.63) is 77.4 Å². The van der Waals surface area contributed by atoms with Crippen LogP contribution in [0.5, 0.6) is 5.75 Å². The number of hydrazone groups is 1. The van der Waals surface area contributed by atoms with E-state index in [9.17, 15) is 4.79 Å². The quantitative estimate of drug-likeness (QED) is 0.410. The Labute approximate surface area is 184 Å². The molecule has 0 spiro atoms. The fraction of sp³-hybridized carbons (Fsp3) is 0.333. The van der Waals surface area contributed by atoms with E-state index in [1.165, 1.54) is 11.1 Å². The lowest BCUT2D eigenvalue weighted by atomic mass is 9.86. The summed E-state index contributed by atoms with van der Waals surface area (Å²) in [5.74, 6) is 0.999. The van der Waals surface area contributed by atoms with E-state index in [2.05, 4.69) is 61.6 Å². The lowest BCUT2D eigenvalue weighted by Crippen LogP contribution is -2.20. The van der Waals surface area contributed by atoms with Gasteiger partial charge in [-0.3, -0.25) is 4.79 Å². The Balaban J connectivity index is 1.44. The molecule has 0 saturated heterocycles. The minimum Gasteiger partial charge on any atom is -0.493 e. The molecule has 2 atom stereocenters. The largest absolute Gasteiger partial charge is 0.493 e. The first kappa shape index (κ1) is 21.1. The second-order valence-electron chi connectivity index (χ2n) is 9.19. The van der Waals surface area contributed by atoms with Crippen molar-refractivity contribution in [1.82, 2.24) is 5.43 Å². The second-order valence-corrected chi connectivity index (χ2v) is 9.19. The smallest absolute Gasteiger partial charge is 0.243 e. The van der Waals surface area contributed by atoms with Crippen molar-refractivity contribution in [2.45, 2.75) is 45.4 Å². The molecule has 31 heavy (non-hydrogen) atoms. The second kappa shape index (κ2) is 8.54. The van der Waals surface area contributed by atoms with Crippen LogP contribution in [0.25, 0.3) is 10.8 Å². The predicted octanol–water partition coefficient (Wildman–Crippen LogP) is 5.79. The first-order chi connectivity index (χ1) is 14.9. The molecule has 3 aromatic carbocycles. The molecule has 4 heteroatoms. The number of fused-ring (bicyclic) bond motifs is 1. The number of rotatable bonds is 6. The zero-order chi connectivity index (χ0) is 22.0. The van der Waals surface area contributed by atoms with Gasteiger partial charge in [0.25, 0.3) is 0 Å². The summed E-state index contributed by atoms with van der Waals surface area (Å²) in [4.78, 5) is 12.6. The molecule has 1 N–H and O–H groups in total. The highest BCUT2D eigenvalue weighted by Gasteiger charge is 2.44. The monoisotopic (exact) mass is 414 g/mol. The van der Waals surface area contributed by atoms with Crippen LogP contribution in [0.1, 0.15) is 56.7 Å². The zero-order valence-corrected chi connectivity index (χ0v) is 18.7. The number of carbonyl (C=O) groups excluding carboxylic acids is 1. The van der Waals surface area contributed by atoms with E-state index in [1.807, 2.05) is 37.3 Å². The number of hydrogen-bond acceptors (Lipinski definition) is 3. The topological polar surface area (TPSA) is 50.7 Å². The molecule has 1 saturated carbocycles. The van der Waals surface area contributed by atoms with Gasteiger partial charge in [0.1, 0.15) is 5.75 Å². The van der Waals surface area contributed by atoms with Crippen molar-refractivity contribution >= 4 is 22.9 Å². The first-order valence-corrected chi connectivity index (χ1v) is 11.0. The molecular formula is C27H30N2O2. The molecule has 4 nitrogen and oxygen atoms in total. The molecule has 3 aromatic rings. The highest BCUT2D eigenvalue weighted by molar-refractivity contribution is 6.02. The third kappa shape index (κ3) is 4.63. The van der Waals surface area contributed by atoms with E-state index in [1.54, 1.807) is 6.21 Å². The molecule has 160 valence electrons. The van der Waals surface area contributed by atoms with E-state index in [0.29, 0.717) is 6.61 Å². The van der Waals surface area contributed by atoms with E-state index in [4.69, 9.17) is 4.74 Å². The number of nitrogens with zero attached hydrogens (tertiary/aromatic N) is 1. The summed E-state index contributed by atoms with van der Waals surface area (Å²) in [6.07, 6.45) is 2.56. The highest BCUT2D eigenvalue weighted by Crippen LogP contribution is 2.47. The van der Waals surface area contributed by atoms with Crippen molar-refractivity contribution in [2.24, 2.45) is 11.0 Å². The molecule has 0 radical (unpaired) electrons. The summed E-state index contributed by atoms with van der Waals surface area (Å²) >= 11 is 0. The number of benzene rings is 3. The van der Waals surface area contributed by atoms with Gasteiger partial charge in [0.15, 0.2) is 0 Å². The number of ether oxygens (including phenoxy) is 1. The van der Waals surface area contributed by atoms with Gasteiger partial charge in [0, 0.05) is 11.5 Å². The number of hydrogen-bond donors (Lipinski definition) is 1. The molecule has 1 fully saturated rings. The summed E-state index contributed by atoms with van der Waals surface area (Å²) < 4.78 is 5.77. The van der Waals surface area contributed by atoms with Crippen LogP contribution in [0.3, 0.4) is 0 Å². The van der Waals surface area contributed by atoms with E-state index in [-0.39, 0.29) is 23.2 Å². The predicted molar refractivity (Wildman–Crippen MR) is 127 cm³/mol. The molecule has 1 aliphatic rings. The van der Waals surface area contributed by atoms with Gasteiger partial charge in [-0.15, -0.1) is 0 Å². The van der Waals surface area contributed by atoms with Crippen LogP contribution in [0.15, 0.2) is 65.8 Å². The summed E-state index contributed by atoms with van der Waals surface area (Å²) in [5.41, 5.74) is 6.29. The molecule has 4 rings (SSSR count). The molecule has 0 bridgehead atoms. The Morgan fingerprint density at radius 2 is 1.84 bits per heavy atom. The van der Waals surface area contributed by atoms with Crippen molar-refractivity contribution < 1.29 is 9.53 Å². The fourth-order valence-corrected chi connectivity index (χ4v) is 4.02. The summed E-state index contributed by atoms with van der Waals surface area (Å²) in [7, 11) is 0. The maximum atomic E-state index is 12.6. The molecule has 1 aliphatic carbocycles. The van der Waals surface area contributed by atoms with Gasteiger partial charge in [0.05, 0.1) is 12.8 Å². The van der Waals surface area contributed by atoms with Gasteiger partial charge in [-0.05, 0) is 52.6 Å². The fourth-order valence-electron chi connectivity index (χ4n) is 4.02. The number of carbonyl (C=O) groups is 1. The van der Waals surface area contributed by atoms with Gasteiger partial charge < -0.3 is 4.74 Å². The SMILES string of the molecule is CCOc1ccc2ccccc2c1/C=N/NC(=O)C1CC1c1ccc(C(C)(C)C)cc1. The summed E-state index contributed by atoms with van der Waals surface area (Å²) in [5, 5.41) is 6.43. The average molecular weight is 415 g/mol. The maximum absolute atomic E-state index is 12.6. The highest BCUT2D eigenvalue weighted by atomic mass is 16.5. The Morgan fingerprint density at radius 1 is 1.10 bits per heavy atom. The lowest BCUT2D eigenvalue weighted by Gasteiger charge is -2.19. The molecule has 1 amide bonds. The van der Waals surface area contributed by atoms with Crippen LogP contribution in [-0.4, -0.2) is 18.7 Å². The minimum absolute atomic E-state index is 0.0171. The molecule has 0 aromatic heterocycles. The Hall–Kier alpha value is -3.14. The average Bonchev–Trinajstić information content (AvgIpc) is 3.56. The van der Waals surface area contributed by atoms with Crippen LogP contribution in [-0.2, 0) is 10.2 Å². The van der Waals surface area contributed by atoms with Crippen LogP contribution in [0.4, 0.5) is 0 Å². The Kier molecular flexibility index (Phi) is 5.81. The Bertz CT molecular complexity index is 1110. The van der Waals surface area contributed by atoms with E-state index < -0.39 is 0 Å². The van der Waals surface area contributed by atoms with E-state index >= 15 is 0 Å². The van der Waals surface area contributed by atoms with Crippen molar-refractivity contribution in [3.8, 4) is 5.75 Å². The molecular weight excluding hydrogens is 384 g/mol. The van der Waals surface area contributed by atoms with Crippen molar-refractivity contribution in [3.63, 3.8) is 0 Å². The number of amides is 1. The van der Waals surface area contributed by atoms with Crippen LogP contribution < -0.4 is 10.2 Å². The standard InChI is InChI=1S/C27H30N2O2/c1-5-31-25-15-12-18-8-6-7-9-21(18)24(25)17-28-29-26(30)23-16-22(23)19-10-13-20(14-11-19)27(2,3)4/h6-15,17,22-23H,5,16H2,1-4H3,(H,29,30)/b28-17+. The van der Waals surface area contributed by atoms with Gasteiger partial charge >= 0.3 is 0 Å². The van der Waals surface area contributed by atoms with Gasteiger partial charge in [0.2, 0.25) is 5.91 Å². The minimum atomic E-state index is -0.0284. The molecule has 0 aliphatic heterocycles. The third-order valence-corrected chi connectivity index (χ3v) is 5.93. The summed E-state index contributed by atoms with van der Waals surface area (Å²) in [6.45, 7) is 9.16. The number of nitrogens with one attached hydrogen (secondary N) is 1. The molecule has 2 unspecified atom stereocenters. The normalized spacial score (nSPS) is 18.3. The van der Waals surface area contributed by atoms with Gasteiger partial charge in [-0.1, -0.05) is 75.4 Å².